The number of likely N-dealkylation sites (tertiary alicyclic amines) is 1. The topological polar surface area (TPSA) is 20.3 Å². The van der Waals surface area contributed by atoms with Gasteiger partial charge in [-0.1, -0.05) is 38.1 Å². The van der Waals surface area contributed by atoms with Gasteiger partial charge in [-0.2, -0.15) is 0 Å². The van der Waals surface area contributed by atoms with Crippen LogP contribution in [0.3, 0.4) is 0 Å². The smallest absolute Gasteiger partial charge is 0.264 e. The van der Waals surface area contributed by atoms with Crippen molar-refractivity contribution in [1.29, 1.82) is 0 Å². The van der Waals surface area contributed by atoms with E-state index < -0.39 is 0 Å². The SMILES string of the molecule is Cc1cc(-c2ccc(C(C)C)cc2)sc1C(=O)N1CCCC1. The molecule has 1 aromatic heterocycles. The third-order valence-electron chi connectivity index (χ3n) is 4.37. The molecule has 0 N–H and O–H groups in total. The van der Waals surface area contributed by atoms with E-state index in [1.54, 1.807) is 11.3 Å². The van der Waals surface area contributed by atoms with E-state index in [0.717, 1.165) is 36.4 Å². The van der Waals surface area contributed by atoms with Crippen LogP contribution in [-0.4, -0.2) is 23.9 Å². The van der Waals surface area contributed by atoms with Gasteiger partial charge in [0, 0.05) is 18.0 Å². The zero-order valence-electron chi connectivity index (χ0n) is 13.6. The molecule has 0 spiro atoms. The normalized spacial score (nSPS) is 14.8. The number of hydrogen-bond acceptors (Lipinski definition) is 2. The monoisotopic (exact) mass is 313 g/mol. The van der Waals surface area contributed by atoms with Crippen LogP contribution >= 0.6 is 11.3 Å². The van der Waals surface area contributed by atoms with E-state index in [4.69, 9.17) is 0 Å². The van der Waals surface area contributed by atoms with Gasteiger partial charge in [0.1, 0.15) is 0 Å². The van der Waals surface area contributed by atoms with Crippen molar-refractivity contribution in [2.24, 2.45) is 0 Å². The summed E-state index contributed by atoms with van der Waals surface area (Å²) in [6.45, 7) is 8.28. The maximum Gasteiger partial charge on any atom is 0.264 e. The van der Waals surface area contributed by atoms with Crippen LogP contribution in [-0.2, 0) is 0 Å². The lowest BCUT2D eigenvalue weighted by atomic mass is 10.0. The van der Waals surface area contributed by atoms with E-state index >= 15 is 0 Å². The van der Waals surface area contributed by atoms with Gasteiger partial charge in [0.25, 0.3) is 5.91 Å². The maximum absolute atomic E-state index is 12.6. The quantitative estimate of drug-likeness (QED) is 0.773. The van der Waals surface area contributed by atoms with Crippen molar-refractivity contribution in [2.75, 3.05) is 13.1 Å². The van der Waals surface area contributed by atoms with Crippen molar-refractivity contribution < 1.29 is 4.79 Å². The van der Waals surface area contributed by atoms with Crippen molar-refractivity contribution in [1.82, 2.24) is 4.90 Å². The van der Waals surface area contributed by atoms with E-state index in [-0.39, 0.29) is 5.91 Å². The maximum atomic E-state index is 12.6. The number of nitrogens with zero attached hydrogens (tertiary/aromatic N) is 1. The van der Waals surface area contributed by atoms with E-state index in [1.807, 2.05) is 11.8 Å². The van der Waals surface area contributed by atoms with Crippen LogP contribution in [0.1, 0.15) is 53.4 Å². The van der Waals surface area contributed by atoms with Crippen LogP contribution in [0, 0.1) is 6.92 Å². The Bertz CT molecular complexity index is 663. The predicted octanol–water partition coefficient (Wildman–Crippen LogP) is 5.08. The Labute approximate surface area is 136 Å². The second kappa shape index (κ2) is 6.25. The molecule has 0 saturated carbocycles. The molecule has 0 bridgehead atoms. The molecule has 2 aromatic rings. The first-order valence-corrected chi connectivity index (χ1v) is 8.88. The van der Waals surface area contributed by atoms with E-state index in [1.165, 1.54) is 16.0 Å². The summed E-state index contributed by atoms with van der Waals surface area (Å²) in [5.74, 6) is 0.761. The lowest BCUT2D eigenvalue weighted by Gasteiger charge is -2.14. The first kappa shape index (κ1) is 15.3. The zero-order valence-corrected chi connectivity index (χ0v) is 14.4. The summed E-state index contributed by atoms with van der Waals surface area (Å²) < 4.78 is 0. The van der Waals surface area contributed by atoms with Crippen molar-refractivity contribution in [3.05, 3.63) is 46.3 Å². The van der Waals surface area contributed by atoms with Gasteiger partial charge in [0.2, 0.25) is 0 Å². The third kappa shape index (κ3) is 2.95. The number of carbonyl (C=O) groups excluding carboxylic acids is 1. The van der Waals surface area contributed by atoms with Crippen LogP contribution in [0.25, 0.3) is 10.4 Å². The van der Waals surface area contributed by atoms with E-state index in [0.29, 0.717) is 5.92 Å². The van der Waals surface area contributed by atoms with Gasteiger partial charge >= 0.3 is 0 Å². The van der Waals surface area contributed by atoms with Crippen LogP contribution in [0.5, 0.6) is 0 Å². The standard InChI is InChI=1S/C19H23NOS/c1-13(2)15-6-8-16(9-7-15)17-12-14(3)18(22-17)19(21)20-10-4-5-11-20/h6-9,12-13H,4-5,10-11H2,1-3H3. The molecule has 0 aliphatic carbocycles. The molecule has 1 saturated heterocycles. The summed E-state index contributed by atoms with van der Waals surface area (Å²) in [5, 5.41) is 0. The molecule has 1 aliphatic heterocycles. The fourth-order valence-corrected chi connectivity index (χ4v) is 4.08. The molecule has 3 rings (SSSR count). The Morgan fingerprint density at radius 3 is 2.36 bits per heavy atom. The average Bonchev–Trinajstić information content (AvgIpc) is 3.16. The number of benzene rings is 1. The van der Waals surface area contributed by atoms with Crippen molar-refractivity contribution >= 4 is 17.2 Å². The minimum Gasteiger partial charge on any atom is -0.338 e. The fraction of sp³-hybridized carbons (Fsp3) is 0.421. The molecule has 2 nitrogen and oxygen atoms in total. The molecule has 1 aliphatic rings. The van der Waals surface area contributed by atoms with E-state index in [2.05, 4.69) is 44.2 Å². The van der Waals surface area contributed by atoms with Gasteiger partial charge in [-0.3, -0.25) is 4.79 Å². The highest BCUT2D eigenvalue weighted by atomic mass is 32.1. The Morgan fingerprint density at radius 1 is 1.14 bits per heavy atom. The molecule has 2 heterocycles. The first-order chi connectivity index (χ1) is 10.6. The first-order valence-electron chi connectivity index (χ1n) is 8.06. The Balaban J connectivity index is 1.86. The zero-order chi connectivity index (χ0) is 15.7. The van der Waals surface area contributed by atoms with Crippen LogP contribution in [0.4, 0.5) is 0 Å². The van der Waals surface area contributed by atoms with Crippen LogP contribution in [0.2, 0.25) is 0 Å². The van der Waals surface area contributed by atoms with Gasteiger partial charge in [-0.05, 0) is 48.4 Å². The van der Waals surface area contributed by atoms with Gasteiger partial charge in [-0.15, -0.1) is 11.3 Å². The Hall–Kier alpha value is -1.61. The second-order valence-electron chi connectivity index (χ2n) is 6.40. The molecule has 1 amide bonds. The van der Waals surface area contributed by atoms with Gasteiger partial charge in [-0.25, -0.2) is 0 Å². The predicted molar refractivity (Wildman–Crippen MR) is 93.7 cm³/mol. The summed E-state index contributed by atoms with van der Waals surface area (Å²) in [7, 11) is 0. The molecule has 0 atom stereocenters. The molecule has 1 fully saturated rings. The van der Waals surface area contributed by atoms with Crippen LogP contribution < -0.4 is 0 Å². The summed E-state index contributed by atoms with van der Waals surface area (Å²) in [5.41, 5.74) is 3.66. The van der Waals surface area contributed by atoms with Crippen LogP contribution in [0.15, 0.2) is 30.3 Å². The summed E-state index contributed by atoms with van der Waals surface area (Å²) in [4.78, 5) is 16.7. The molecule has 0 radical (unpaired) electrons. The van der Waals surface area contributed by atoms with Gasteiger partial charge in [0.05, 0.1) is 4.88 Å². The minimum atomic E-state index is 0.213. The average molecular weight is 313 g/mol. The number of amides is 1. The Kier molecular flexibility index (Phi) is 4.34. The summed E-state index contributed by atoms with van der Waals surface area (Å²) >= 11 is 1.63. The number of aryl methyl sites for hydroxylation is 1. The van der Waals surface area contributed by atoms with Gasteiger partial charge < -0.3 is 4.90 Å². The molecule has 1 aromatic carbocycles. The molecule has 3 heteroatoms. The van der Waals surface area contributed by atoms with E-state index in [9.17, 15) is 4.79 Å². The lowest BCUT2D eigenvalue weighted by molar-refractivity contribution is 0.0797. The highest BCUT2D eigenvalue weighted by Gasteiger charge is 2.23. The second-order valence-corrected chi connectivity index (χ2v) is 7.45. The molecule has 116 valence electrons. The number of thiophene rings is 1. The summed E-state index contributed by atoms with van der Waals surface area (Å²) in [6.07, 6.45) is 2.28. The molecule has 0 unspecified atom stereocenters. The van der Waals surface area contributed by atoms with Crippen molar-refractivity contribution in [3.8, 4) is 10.4 Å². The van der Waals surface area contributed by atoms with Gasteiger partial charge in [0.15, 0.2) is 0 Å². The molecular weight excluding hydrogens is 290 g/mol. The number of carbonyl (C=O) groups is 1. The Morgan fingerprint density at radius 2 is 1.77 bits per heavy atom. The number of rotatable bonds is 3. The fourth-order valence-electron chi connectivity index (χ4n) is 2.93. The minimum absolute atomic E-state index is 0.213. The molecule has 22 heavy (non-hydrogen) atoms. The largest absolute Gasteiger partial charge is 0.338 e. The molecular formula is C19H23NOS. The van der Waals surface area contributed by atoms with Crippen molar-refractivity contribution in [2.45, 2.75) is 39.5 Å². The highest BCUT2D eigenvalue weighted by Crippen LogP contribution is 2.33. The summed E-state index contributed by atoms with van der Waals surface area (Å²) in [6, 6.07) is 10.9. The lowest BCUT2D eigenvalue weighted by Crippen LogP contribution is -2.27. The number of hydrogen-bond donors (Lipinski definition) is 0. The third-order valence-corrected chi connectivity index (χ3v) is 5.64. The van der Waals surface area contributed by atoms with Crippen molar-refractivity contribution in [3.63, 3.8) is 0 Å². The highest BCUT2D eigenvalue weighted by molar-refractivity contribution is 7.17.